The second-order valence-corrected chi connectivity index (χ2v) is 6.00. The van der Waals surface area contributed by atoms with E-state index in [2.05, 4.69) is 38.3 Å². The van der Waals surface area contributed by atoms with E-state index in [4.69, 9.17) is 4.42 Å². The van der Waals surface area contributed by atoms with Crippen molar-refractivity contribution in [1.82, 2.24) is 10.2 Å². The lowest BCUT2D eigenvalue weighted by molar-refractivity contribution is 0.466. The maximum atomic E-state index is 5.65. The molecule has 0 atom stereocenters. The highest BCUT2D eigenvalue weighted by molar-refractivity contribution is 9.10. The summed E-state index contributed by atoms with van der Waals surface area (Å²) in [6.45, 7) is 0. The van der Waals surface area contributed by atoms with Gasteiger partial charge in [0, 0.05) is 15.8 Å². The first-order valence-electron chi connectivity index (χ1n) is 6.07. The molecule has 0 amide bonds. The fourth-order valence-electron chi connectivity index (χ4n) is 1.74. The van der Waals surface area contributed by atoms with Crippen molar-refractivity contribution < 1.29 is 4.42 Å². The fraction of sp³-hybridized carbons (Fsp3) is 0.0667. The van der Waals surface area contributed by atoms with Gasteiger partial charge in [-0.25, -0.2) is 0 Å². The molecule has 0 spiro atoms. The molecule has 3 aromatic rings. The summed E-state index contributed by atoms with van der Waals surface area (Å²) in [6, 6.07) is 18.0. The standard InChI is InChI=1S/C15H11BrN2OS/c16-13-8-4-5-11(9-13)10-20-15-18-17-14(19-15)12-6-2-1-3-7-12/h1-9H,10H2. The highest BCUT2D eigenvalue weighted by Gasteiger charge is 2.08. The lowest BCUT2D eigenvalue weighted by Crippen LogP contribution is -1.80. The van der Waals surface area contributed by atoms with E-state index >= 15 is 0 Å². The molecular weight excluding hydrogens is 336 g/mol. The minimum atomic E-state index is 0.558. The maximum Gasteiger partial charge on any atom is 0.277 e. The lowest BCUT2D eigenvalue weighted by Gasteiger charge is -1.98. The Bertz CT molecular complexity index is 700. The van der Waals surface area contributed by atoms with Gasteiger partial charge in [0.1, 0.15) is 0 Å². The monoisotopic (exact) mass is 346 g/mol. The number of hydrogen-bond donors (Lipinski definition) is 0. The molecule has 100 valence electrons. The SMILES string of the molecule is Brc1cccc(CSc2nnc(-c3ccccc3)o2)c1. The van der Waals surface area contributed by atoms with E-state index in [0.717, 1.165) is 15.8 Å². The van der Waals surface area contributed by atoms with Gasteiger partial charge in [-0.15, -0.1) is 10.2 Å². The van der Waals surface area contributed by atoms with Crippen LogP contribution in [0.1, 0.15) is 5.56 Å². The van der Waals surface area contributed by atoms with E-state index in [9.17, 15) is 0 Å². The number of aromatic nitrogens is 2. The summed E-state index contributed by atoms with van der Waals surface area (Å²) in [4.78, 5) is 0. The second-order valence-electron chi connectivity index (χ2n) is 4.16. The van der Waals surface area contributed by atoms with E-state index in [1.54, 1.807) is 0 Å². The van der Waals surface area contributed by atoms with Crippen LogP contribution in [0.2, 0.25) is 0 Å². The highest BCUT2D eigenvalue weighted by Crippen LogP contribution is 2.26. The van der Waals surface area contributed by atoms with Crippen molar-refractivity contribution in [2.24, 2.45) is 0 Å². The molecule has 0 N–H and O–H groups in total. The van der Waals surface area contributed by atoms with Crippen molar-refractivity contribution in [1.29, 1.82) is 0 Å². The number of nitrogens with zero attached hydrogens (tertiary/aromatic N) is 2. The van der Waals surface area contributed by atoms with Crippen LogP contribution in [0.15, 0.2) is 68.7 Å². The molecule has 0 bridgehead atoms. The van der Waals surface area contributed by atoms with Crippen molar-refractivity contribution in [2.75, 3.05) is 0 Å². The molecule has 0 aliphatic carbocycles. The van der Waals surface area contributed by atoms with Crippen LogP contribution >= 0.6 is 27.7 Å². The molecule has 3 nitrogen and oxygen atoms in total. The summed E-state index contributed by atoms with van der Waals surface area (Å²) in [7, 11) is 0. The van der Waals surface area contributed by atoms with Crippen LogP contribution in [-0.2, 0) is 5.75 Å². The van der Waals surface area contributed by atoms with Crippen molar-refractivity contribution in [3.63, 3.8) is 0 Å². The van der Waals surface area contributed by atoms with Crippen molar-refractivity contribution >= 4 is 27.7 Å². The third kappa shape index (κ3) is 3.29. The van der Waals surface area contributed by atoms with Crippen LogP contribution in [0, 0.1) is 0 Å². The zero-order valence-electron chi connectivity index (χ0n) is 10.5. The number of hydrogen-bond acceptors (Lipinski definition) is 4. The molecule has 0 fully saturated rings. The molecule has 0 aliphatic rings. The quantitative estimate of drug-likeness (QED) is 0.636. The molecule has 0 saturated heterocycles. The first-order valence-corrected chi connectivity index (χ1v) is 7.85. The van der Waals surface area contributed by atoms with Crippen LogP contribution in [0.25, 0.3) is 11.5 Å². The van der Waals surface area contributed by atoms with Gasteiger partial charge in [-0.3, -0.25) is 0 Å². The Kier molecular flexibility index (Phi) is 4.18. The van der Waals surface area contributed by atoms with Crippen LogP contribution in [0.4, 0.5) is 0 Å². The molecule has 0 aliphatic heterocycles. The number of thioether (sulfide) groups is 1. The first-order chi connectivity index (χ1) is 9.81. The van der Waals surface area contributed by atoms with Crippen LogP contribution in [0.5, 0.6) is 0 Å². The Labute approximate surface area is 129 Å². The van der Waals surface area contributed by atoms with E-state index in [0.29, 0.717) is 11.1 Å². The third-order valence-electron chi connectivity index (χ3n) is 2.68. The second kappa shape index (κ2) is 6.24. The van der Waals surface area contributed by atoms with E-state index < -0.39 is 0 Å². The van der Waals surface area contributed by atoms with Crippen LogP contribution < -0.4 is 0 Å². The van der Waals surface area contributed by atoms with Gasteiger partial charge in [-0.2, -0.15) is 0 Å². The van der Waals surface area contributed by atoms with Gasteiger partial charge in [-0.1, -0.05) is 58.0 Å². The lowest BCUT2D eigenvalue weighted by atomic mass is 10.2. The topological polar surface area (TPSA) is 38.9 Å². The van der Waals surface area contributed by atoms with Gasteiger partial charge in [0.05, 0.1) is 0 Å². The molecular formula is C15H11BrN2OS. The van der Waals surface area contributed by atoms with Crippen LogP contribution in [0.3, 0.4) is 0 Å². The summed E-state index contributed by atoms with van der Waals surface area (Å²) in [5.41, 5.74) is 2.15. The van der Waals surface area contributed by atoms with Gasteiger partial charge < -0.3 is 4.42 Å². The van der Waals surface area contributed by atoms with Gasteiger partial charge in [0.2, 0.25) is 5.89 Å². The zero-order chi connectivity index (χ0) is 13.8. The van der Waals surface area contributed by atoms with Gasteiger partial charge in [0.25, 0.3) is 5.22 Å². The third-order valence-corrected chi connectivity index (χ3v) is 4.06. The first kappa shape index (κ1) is 13.4. The normalized spacial score (nSPS) is 10.7. The van der Waals surface area contributed by atoms with Gasteiger partial charge in [-0.05, 0) is 29.8 Å². The zero-order valence-corrected chi connectivity index (χ0v) is 12.9. The summed E-state index contributed by atoms with van der Waals surface area (Å²) in [5, 5.41) is 8.72. The number of rotatable bonds is 4. The van der Waals surface area contributed by atoms with Crippen molar-refractivity contribution in [3.05, 3.63) is 64.6 Å². The molecule has 2 aromatic carbocycles. The largest absolute Gasteiger partial charge is 0.411 e. The molecule has 0 radical (unpaired) electrons. The summed E-state index contributed by atoms with van der Waals surface area (Å²) in [6.07, 6.45) is 0. The molecule has 3 rings (SSSR count). The predicted molar refractivity (Wildman–Crippen MR) is 83.4 cm³/mol. The summed E-state index contributed by atoms with van der Waals surface area (Å²) >= 11 is 5.00. The highest BCUT2D eigenvalue weighted by atomic mass is 79.9. The summed E-state index contributed by atoms with van der Waals surface area (Å²) in [5.74, 6) is 1.36. The molecule has 0 saturated carbocycles. The predicted octanol–water partition coefficient (Wildman–Crippen LogP) is 4.79. The Hall–Kier alpha value is -1.59. The van der Waals surface area contributed by atoms with E-state index in [1.165, 1.54) is 17.3 Å². The Morgan fingerprint density at radius 2 is 1.85 bits per heavy atom. The van der Waals surface area contributed by atoms with Crippen molar-refractivity contribution in [3.8, 4) is 11.5 Å². The minimum Gasteiger partial charge on any atom is -0.411 e. The Balaban J connectivity index is 1.69. The molecule has 20 heavy (non-hydrogen) atoms. The molecule has 5 heteroatoms. The van der Waals surface area contributed by atoms with Gasteiger partial charge >= 0.3 is 0 Å². The Morgan fingerprint density at radius 1 is 1.00 bits per heavy atom. The average Bonchev–Trinajstić information content (AvgIpc) is 2.95. The van der Waals surface area contributed by atoms with Gasteiger partial charge in [0.15, 0.2) is 0 Å². The number of benzene rings is 2. The smallest absolute Gasteiger partial charge is 0.277 e. The Morgan fingerprint density at radius 3 is 2.65 bits per heavy atom. The van der Waals surface area contributed by atoms with Crippen molar-refractivity contribution in [2.45, 2.75) is 11.0 Å². The summed E-state index contributed by atoms with van der Waals surface area (Å²) < 4.78 is 6.73. The maximum absolute atomic E-state index is 5.65. The molecule has 1 aromatic heterocycles. The average molecular weight is 347 g/mol. The number of halogens is 1. The van der Waals surface area contributed by atoms with Crippen LogP contribution in [-0.4, -0.2) is 10.2 Å². The fourth-order valence-corrected chi connectivity index (χ4v) is 2.89. The van der Waals surface area contributed by atoms with E-state index in [1.807, 2.05) is 42.5 Å². The van der Waals surface area contributed by atoms with E-state index in [-0.39, 0.29) is 0 Å². The minimum absolute atomic E-state index is 0.558. The molecule has 1 heterocycles. The molecule has 0 unspecified atom stereocenters.